The number of carbonyl (C=O) groups excluding carboxylic acids is 1. The van der Waals surface area contributed by atoms with Crippen LogP contribution in [-0.4, -0.2) is 26.9 Å². The number of carbonyl (C=O) groups is 2. The standard InChI is InChI=1S/C22H16N4O6/c23-11-16-4-1-2-5-17(16)13-32-20(22(28)29)14-6-3-7-15(10-14)21(27)25-19-9-8-18(12-24-19)26(30)31/h1-10,12,20H,13H2,(H,28,29)(H,24,25,27)/t20-/m0/s1. The maximum atomic E-state index is 12.5. The van der Waals surface area contributed by atoms with E-state index in [4.69, 9.17) is 10.00 Å². The highest BCUT2D eigenvalue weighted by molar-refractivity contribution is 6.04. The number of hydrogen-bond acceptors (Lipinski definition) is 7. The zero-order valence-corrected chi connectivity index (χ0v) is 16.5. The molecule has 1 heterocycles. The topological polar surface area (TPSA) is 155 Å². The molecule has 0 spiro atoms. The van der Waals surface area contributed by atoms with E-state index in [1.54, 1.807) is 24.3 Å². The minimum absolute atomic E-state index is 0.102. The maximum Gasteiger partial charge on any atom is 0.337 e. The van der Waals surface area contributed by atoms with Crippen molar-refractivity contribution in [2.75, 3.05) is 5.32 Å². The van der Waals surface area contributed by atoms with Crippen molar-refractivity contribution in [1.82, 2.24) is 4.98 Å². The first-order valence-electron chi connectivity index (χ1n) is 9.23. The number of nitrogens with one attached hydrogen (secondary N) is 1. The van der Waals surface area contributed by atoms with Crippen LogP contribution >= 0.6 is 0 Å². The van der Waals surface area contributed by atoms with Gasteiger partial charge in [0.1, 0.15) is 12.0 Å². The van der Waals surface area contributed by atoms with Crippen molar-refractivity contribution < 1.29 is 24.4 Å². The van der Waals surface area contributed by atoms with Crippen LogP contribution in [0.3, 0.4) is 0 Å². The Bertz CT molecular complexity index is 1200. The summed E-state index contributed by atoms with van der Waals surface area (Å²) in [5, 5.41) is 32.0. The van der Waals surface area contributed by atoms with Crippen molar-refractivity contribution in [1.29, 1.82) is 5.26 Å². The molecule has 1 amide bonds. The van der Waals surface area contributed by atoms with Crippen molar-refractivity contribution in [3.8, 4) is 6.07 Å². The average molecular weight is 432 g/mol. The van der Waals surface area contributed by atoms with Gasteiger partial charge in [0, 0.05) is 11.6 Å². The van der Waals surface area contributed by atoms with E-state index < -0.39 is 22.9 Å². The van der Waals surface area contributed by atoms with Crippen LogP contribution in [0, 0.1) is 21.4 Å². The zero-order valence-electron chi connectivity index (χ0n) is 16.5. The number of amides is 1. The Morgan fingerprint density at radius 1 is 1.19 bits per heavy atom. The third-order valence-corrected chi connectivity index (χ3v) is 4.42. The summed E-state index contributed by atoms with van der Waals surface area (Å²) in [7, 11) is 0. The molecular weight excluding hydrogens is 416 g/mol. The second kappa shape index (κ2) is 9.92. The SMILES string of the molecule is N#Cc1ccccc1CO[C@H](C(=O)O)c1cccc(C(=O)Nc2ccc([N+](=O)[O-])cn2)c1. The quantitative estimate of drug-likeness (QED) is 0.405. The summed E-state index contributed by atoms with van der Waals surface area (Å²) < 4.78 is 5.55. The number of ether oxygens (including phenoxy) is 1. The van der Waals surface area contributed by atoms with Crippen LogP contribution < -0.4 is 5.32 Å². The van der Waals surface area contributed by atoms with E-state index in [9.17, 15) is 24.8 Å². The lowest BCUT2D eigenvalue weighted by atomic mass is 10.0. The fraction of sp³-hybridized carbons (Fsp3) is 0.0909. The van der Waals surface area contributed by atoms with Gasteiger partial charge in [-0.05, 0) is 35.4 Å². The molecule has 0 radical (unpaired) electrons. The number of benzene rings is 2. The van der Waals surface area contributed by atoms with Gasteiger partial charge >= 0.3 is 5.97 Å². The molecule has 0 saturated heterocycles. The molecule has 0 fully saturated rings. The number of aromatic nitrogens is 1. The van der Waals surface area contributed by atoms with Crippen LogP contribution in [0.15, 0.2) is 66.9 Å². The minimum Gasteiger partial charge on any atom is -0.479 e. The second-order valence-corrected chi connectivity index (χ2v) is 6.54. The van der Waals surface area contributed by atoms with Gasteiger partial charge in [0.05, 0.1) is 23.2 Å². The summed E-state index contributed by atoms with van der Waals surface area (Å²) in [5.74, 6) is -1.73. The van der Waals surface area contributed by atoms with Gasteiger partial charge < -0.3 is 15.2 Å². The van der Waals surface area contributed by atoms with Gasteiger partial charge in [-0.15, -0.1) is 0 Å². The predicted octanol–water partition coefficient (Wildman–Crippen LogP) is 3.46. The lowest BCUT2D eigenvalue weighted by Crippen LogP contribution is -2.18. The van der Waals surface area contributed by atoms with Crippen LogP contribution in [0.5, 0.6) is 0 Å². The summed E-state index contributed by atoms with van der Waals surface area (Å²) >= 11 is 0. The highest BCUT2D eigenvalue weighted by atomic mass is 16.6. The molecular formula is C22H16N4O6. The third kappa shape index (κ3) is 5.29. The molecule has 3 aromatic rings. The maximum absolute atomic E-state index is 12.5. The first kappa shape index (κ1) is 22.1. The number of hydrogen-bond donors (Lipinski definition) is 2. The Balaban J connectivity index is 1.76. The van der Waals surface area contributed by atoms with E-state index in [0.29, 0.717) is 11.1 Å². The fourth-order valence-electron chi connectivity index (χ4n) is 2.84. The van der Waals surface area contributed by atoms with Crippen LogP contribution in [-0.2, 0) is 16.1 Å². The molecule has 3 rings (SSSR count). The number of aliphatic carboxylic acids is 1. The normalized spacial score (nSPS) is 11.2. The van der Waals surface area contributed by atoms with E-state index in [0.717, 1.165) is 6.20 Å². The number of rotatable bonds is 8. The number of nitriles is 1. The van der Waals surface area contributed by atoms with Crippen molar-refractivity contribution in [2.24, 2.45) is 0 Å². The van der Waals surface area contributed by atoms with Crippen LogP contribution in [0.4, 0.5) is 11.5 Å². The molecule has 0 aliphatic heterocycles. The molecule has 0 aliphatic carbocycles. The van der Waals surface area contributed by atoms with E-state index in [1.165, 1.54) is 36.4 Å². The van der Waals surface area contributed by atoms with Gasteiger partial charge in [0.25, 0.3) is 11.6 Å². The Morgan fingerprint density at radius 2 is 1.97 bits per heavy atom. The molecule has 1 aromatic heterocycles. The molecule has 2 aromatic carbocycles. The molecule has 10 heteroatoms. The number of carboxylic acids is 1. The Morgan fingerprint density at radius 3 is 2.62 bits per heavy atom. The van der Waals surface area contributed by atoms with E-state index in [1.807, 2.05) is 6.07 Å². The lowest BCUT2D eigenvalue weighted by molar-refractivity contribution is -0.385. The molecule has 2 N–H and O–H groups in total. The highest BCUT2D eigenvalue weighted by Gasteiger charge is 2.22. The largest absolute Gasteiger partial charge is 0.479 e. The molecule has 10 nitrogen and oxygen atoms in total. The number of nitro groups is 1. The van der Waals surface area contributed by atoms with Crippen molar-refractivity contribution in [2.45, 2.75) is 12.7 Å². The first-order valence-corrected chi connectivity index (χ1v) is 9.23. The predicted molar refractivity (Wildman–Crippen MR) is 112 cm³/mol. The molecule has 0 saturated carbocycles. The Labute approximate surface area is 181 Å². The summed E-state index contributed by atoms with van der Waals surface area (Å²) in [4.78, 5) is 38.2. The fourth-order valence-corrected chi connectivity index (χ4v) is 2.84. The summed E-state index contributed by atoms with van der Waals surface area (Å²) in [6.45, 7) is -0.107. The molecule has 0 unspecified atom stereocenters. The number of anilines is 1. The van der Waals surface area contributed by atoms with Gasteiger partial charge in [-0.3, -0.25) is 14.9 Å². The van der Waals surface area contributed by atoms with Gasteiger partial charge in [-0.1, -0.05) is 30.3 Å². The highest BCUT2D eigenvalue weighted by Crippen LogP contribution is 2.22. The molecule has 160 valence electrons. The van der Waals surface area contributed by atoms with Crippen molar-refractivity contribution in [3.63, 3.8) is 0 Å². The van der Waals surface area contributed by atoms with E-state index >= 15 is 0 Å². The van der Waals surface area contributed by atoms with Gasteiger partial charge in [0.15, 0.2) is 6.10 Å². The third-order valence-electron chi connectivity index (χ3n) is 4.42. The van der Waals surface area contributed by atoms with Gasteiger partial charge in [-0.25, -0.2) is 9.78 Å². The zero-order chi connectivity index (χ0) is 23.1. The van der Waals surface area contributed by atoms with Gasteiger partial charge in [-0.2, -0.15) is 5.26 Å². The minimum atomic E-state index is -1.37. The Kier molecular flexibility index (Phi) is 6.85. The lowest BCUT2D eigenvalue weighted by Gasteiger charge is -2.15. The summed E-state index contributed by atoms with van der Waals surface area (Å²) in [6, 6.07) is 17.1. The first-order chi connectivity index (χ1) is 15.4. The number of carboxylic acid groups (broad SMARTS) is 1. The molecule has 32 heavy (non-hydrogen) atoms. The molecule has 0 aliphatic rings. The number of nitrogens with zero attached hydrogens (tertiary/aromatic N) is 3. The summed E-state index contributed by atoms with van der Waals surface area (Å²) in [6.07, 6.45) is -0.355. The van der Waals surface area contributed by atoms with E-state index in [-0.39, 0.29) is 29.2 Å². The molecule has 1 atom stereocenters. The van der Waals surface area contributed by atoms with Crippen molar-refractivity contribution >= 4 is 23.4 Å². The second-order valence-electron chi connectivity index (χ2n) is 6.54. The smallest absolute Gasteiger partial charge is 0.337 e. The summed E-state index contributed by atoms with van der Waals surface area (Å²) in [5.41, 5.74) is 1.08. The molecule has 0 bridgehead atoms. The monoisotopic (exact) mass is 432 g/mol. The van der Waals surface area contributed by atoms with E-state index in [2.05, 4.69) is 10.3 Å². The van der Waals surface area contributed by atoms with Crippen LogP contribution in [0.25, 0.3) is 0 Å². The van der Waals surface area contributed by atoms with Crippen molar-refractivity contribution in [3.05, 3.63) is 99.2 Å². The average Bonchev–Trinajstić information content (AvgIpc) is 2.80. The van der Waals surface area contributed by atoms with Crippen LogP contribution in [0.1, 0.15) is 33.2 Å². The van der Waals surface area contributed by atoms with Gasteiger partial charge in [0.2, 0.25) is 0 Å². The number of pyridine rings is 1. The Hall–Kier alpha value is -4.62. The van der Waals surface area contributed by atoms with Crippen LogP contribution in [0.2, 0.25) is 0 Å².